The fourth-order valence-corrected chi connectivity index (χ4v) is 1.44. The molecule has 0 amide bonds. The molecule has 0 aromatic carbocycles. The van der Waals surface area contributed by atoms with E-state index in [-0.39, 0.29) is 11.2 Å². The molecule has 0 aromatic rings. The SMILES string of the molecule is CC.CC12C=C(F)C=CC1C2. The third-order valence-electron chi connectivity index (χ3n) is 2.30. The van der Waals surface area contributed by atoms with E-state index in [1.807, 2.05) is 19.9 Å². The highest BCUT2D eigenvalue weighted by atomic mass is 19.1. The van der Waals surface area contributed by atoms with Gasteiger partial charge in [0.2, 0.25) is 0 Å². The van der Waals surface area contributed by atoms with Gasteiger partial charge in [-0.2, -0.15) is 0 Å². The summed E-state index contributed by atoms with van der Waals surface area (Å²) in [5, 5.41) is 0. The van der Waals surface area contributed by atoms with Crippen molar-refractivity contribution >= 4 is 0 Å². The highest BCUT2D eigenvalue weighted by Crippen LogP contribution is 2.56. The van der Waals surface area contributed by atoms with Gasteiger partial charge in [0, 0.05) is 0 Å². The Morgan fingerprint density at radius 1 is 1.55 bits per heavy atom. The zero-order valence-corrected chi connectivity index (χ0v) is 7.39. The Hall–Kier alpha value is -0.590. The maximum absolute atomic E-state index is 12.5. The quantitative estimate of drug-likeness (QED) is 0.501. The van der Waals surface area contributed by atoms with Crippen LogP contribution in [0.5, 0.6) is 0 Å². The average molecular weight is 154 g/mol. The molecule has 62 valence electrons. The van der Waals surface area contributed by atoms with Gasteiger partial charge in [-0.05, 0) is 29.9 Å². The lowest BCUT2D eigenvalue weighted by Crippen LogP contribution is -1.94. The molecule has 1 saturated carbocycles. The molecule has 2 atom stereocenters. The first-order valence-corrected chi connectivity index (χ1v) is 4.27. The first kappa shape index (κ1) is 8.51. The Morgan fingerprint density at radius 3 is 2.64 bits per heavy atom. The zero-order valence-electron chi connectivity index (χ0n) is 7.39. The van der Waals surface area contributed by atoms with Crippen LogP contribution in [0.3, 0.4) is 0 Å². The van der Waals surface area contributed by atoms with E-state index in [4.69, 9.17) is 0 Å². The van der Waals surface area contributed by atoms with Gasteiger partial charge in [-0.15, -0.1) is 0 Å². The summed E-state index contributed by atoms with van der Waals surface area (Å²) in [4.78, 5) is 0. The monoisotopic (exact) mass is 154 g/mol. The predicted molar refractivity (Wildman–Crippen MR) is 45.9 cm³/mol. The van der Waals surface area contributed by atoms with Gasteiger partial charge < -0.3 is 0 Å². The largest absolute Gasteiger partial charge is 0.207 e. The van der Waals surface area contributed by atoms with Gasteiger partial charge in [-0.25, -0.2) is 4.39 Å². The molecule has 0 radical (unpaired) electrons. The summed E-state index contributed by atoms with van der Waals surface area (Å²) >= 11 is 0. The summed E-state index contributed by atoms with van der Waals surface area (Å²) in [6.45, 7) is 6.10. The summed E-state index contributed by atoms with van der Waals surface area (Å²) < 4.78 is 12.5. The van der Waals surface area contributed by atoms with Crippen LogP contribution in [0, 0.1) is 11.3 Å². The molecule has 0 aromatic heterocycles. The molecular weight excluding hydrogens is 139 g/mol. The van der Waals surface area contributed by atoms with Crippen molar-refractivity contribution in [2.45, 2.75) is 27.2 Å². The smallest absolute Gasteiger partial charge is 0.119 e. The van der Waals surface area contributed by atoms with Gasteiger partial charge >= 0.3 is 0 Å². The van der Waals surface area contributed by atoms with Crippen LogP contribution in [0.2, 0.25) is 0 Å². The number of allylic oxidation sites excluding steroid dienone is 4. The molecule has 2 aliphatic rings. The number of hydrogen-bond donors (Lipinski definition) is 0. The lowest BCUT2D eigenvalue weighted by molar-refractivity contribution is 0.600. The van der Waals surface area contributed by atoms with Crippen molar-refractivity contribution in [2.24, 2.45) is 11.3 Å². The minimum atomic E-state index is -0.0637. The Bertz CT molecular complexity index is 203. The van der Waals surface area contributed by atoms with E-state index in [2.05, 4.69) is 6.92 Å². The summed E-state index contributed by atoms with van der Waals surface area (Å²) in [5.41, 5.74) is 0.193. The summed E-state index contributed by atoms with van der Waals surface area (Å²) in [6.07, 6.45) is 6.41. The molecule has 0 saturated heterocycles. The first-order valence-electron chi connectivity index (χ1n) is 4.27. The molecular formula is C10H15F. The standard InChI is InChI=1S/C8H9F.C2H6/c1-8-4-6(8)2-3-7(9)5-8;1-2/h2-3,5-6H,4H2,1H3;1-2H3. The molecule has 0 spiro atoms. The molecule has 1 fully saturated rings. The summed E-state index contributed by atoms with van der Waals surface area (Å²) in [7, 11) is 0. The molecule has 2 rings (SSSR count). The van der Waals surface area contributed by atoms with Crippen LogP contribution in [0.25, 0.3) is 0 Å². The van der Waals surface area contributed by atoms with Crippen LogP contribution in [-0.4, -0.2) is 0 Å². The van der Waals surface area contributed by atoms with Crippen molar-refractivity contribution in [2.75, 3.05) is 0 Å². The van der Waals surface area contributed by atoms with Gasteiger partial charge in [0.25, 0.3) is 0 Å². The molecule has 0 aliphatic heterocycles. The summed E-state index contributed by atoms with van der Waals surface area (Å²) in [6, 6.07) is 0. The highest BCUT2D eigenvalue weighted by Gasteiger charge is 2.48. The van der Waals surface area contributed by atoms with Gasteiger partial charge in [0.1, 0.15) is 5.83 Å². The summed E-state index contributed by atoms with van der Waals surface area (Å²) in [5.74, 6) is 0.572. The third kappa shape index (κ3) is 1.52. The maximum Gasteiger partial charge on any atom is 0.119 e. The second-order valence-electron chi connectivity index (χ2n) is 3.20. The predicted octanol–water partition coefficient (Wildman–Crippen LogP) is 3.46. The number of fused-ring (bicyclic) bond motifs is 1. The number of rotatable bonds is 0. The topological polar surface area (TPSA) is 0 Å². The molecule has 0 nitrogen and oxygen atoms in total. The lowest BCUT2D eigenvalue weighted by Gasteiger charge is -2.04. The van der Waals surface area contributed by atoms with Crippen molar-refractivity contribution in [1.82, 2.24) is 0 Å². The molecule has 0 N–H and O–H groups in total. The molecule has 2 aliphatic carbocycles. The minimum absolute atomic E-state index is 0.0637. The third-order valence-corrected chi connectivity index (χ3v) is 2.30. The van der Waals surface area contributed by atoms with E-state index < -0.39 is 0 Å². The van der Waals surface area contributed by atoms with Gasteiger partial charge in [0.05, 0.1) is 0 Å². The van der Waals surface area contributed by atoms with Crippen molar-refractivity contribution in [3.8, 4) is 0 Å². The van der Waals surface area contributed by atoms with Crippen molar-refractivity contribution in [3.63, 3.8) is 0 Å². The molecule has 11 heavy (non-hydrogen) atoms. The average Bonchev–Trinajstić information content (AvgIpc) is 2.63. The second-order valence-corrected chi connectivity index (χ2v) is 3.20. The Balaban J connectivity index is 0.000000281. The second kappa shape index (κ2) is 2.80. The molecule has 0 heterocycles. The first-order chi connectivity index (χ1) is 5.21. The van der Waals surface area contributed by atoms with Crippen molar-refractivity contribution in [1.29, 1.82) is 0 Å². The van der Waals surface area contributed by atoms with Crippen LogP contribution < -0.4 is 0 Å². The highest BCUT2D eigenvalue weighted by molar-refractivity contribution is 5.31. The fraction of sp³-hybridized carbons (Fsp3) is 0.600. The minimum Gasteiger partial charge on any atom is -0.207 e. The zero-order chi connectivity index (χ0) is 8.48. The van der Waals surface area contributed by atoms with Gasteiger partial charge in [0.15, 0.2) is 0 Å². The van der Waals surface area contributed by atoms with Crippen LogP contribution >= 0.6 is 0 Å². The van der Waals surface area contributed by atoms with E-state index in [1.54, 1.807) is 12.2 Å². The number of hydrogen-bond acceptors (Lipinski definition) is 0. The van der Waals surface area contributed by atoms with Gasteiger partial charge in [-0.1, -0.05) is 26.8 Å². The Kier molecular flexibility index (Phi) is 2.17. The van der Waals surface area contributed by atoms with E-state index in [0.29, 0.717) is 5.92 Å². The van der Waals surface area contributed by atoms with Crippen LogP contribution in [0.1, 0.15) is 27.2 Å². The van der Waals surface area contributed by atoms with E-state index in [1.165, 1.54) is 0 Å². The van der Waals surface area contributed by atoms with Crippen LogP contribution in [0.4, 0.5) is 4.39 Å². The van der Waals surface area contributed by atoms with E-state index in [9.17, 15) is 4.39 Å². The van der Waals surface area contributed by atoms with Crippen molar-refractivity contribution < 1.29 is 4.39 Å². The molecule has 1 heteroatoms. The molecule has 0 bridgehead atoms. The molecule has 2 unspecified atom stereocenters. The van der Waals surface area contributed by atoms with Crippen LogP contribution in [0.15, 0.2) is 24.1 Å². The number of halogens is 1. The van der Waals surface area contributed by atoms with E-state index in [0.717, 1.165) is 6.42 Å². The van der Waals surface area contributed by atoms with E-state index >= 15 is 0 Å². The Labute approximate surface area is 67.8 Å². The fourth-order valence-electron chi connectivity index (χ4n) is 1.44. The lowest BCUT2D eigenvalue weighted by atomic mass is 10.0. The van der Waals surface area contributed by atoms with Crippen molar-refractivity contribution in [3.05, 3.63) is 24.1 Å². The Morgan fingerprint density at radius 2 is 2.18 bits per heavy atom. The maximum atomic E-state index is 12.5. The van der Waals surface area contributed by atoms with Crippen LogP contribution in [-0.2, 0) is 0 Å². The van der Waals surface area contributed by atoms with Gasteiger partial charge in [-0.3, -0.25) is 0 Å². The normalized spacial score (nSPS) is 38.2.